The lowest BCUT2D eigenvalue weighted by Gasteiger charge is -2.13. The van der Waals surface area contributed by atoms with Gasteiger partial charge in [-0.2, -0.15) is 8.78 Å². The summed E-state index contributed by atoms with van der Waals surface area (Å²) in [6.45, 7) is 0.942. The van der Waals surface area contributed by atoms with E-state index in [9.17, 15) is 8.78 Å². The van der Waals surface area contributed by atoms with Gasteiger partial charge in [-0.15, -0.1) is 0 Å². The summed E-state index contributed by atoms with van der Waals surface area (Å²) < 4.78 is 28.2. The number of hydrogen-bond donors (Lipinski definition) is 0. The summed E-state index contributed by atoms with van der Waals surface area (Å²) in [4.78, 5) is 0. The van der Waals surface area contributed by atoms with Crippen LogP contribution in [0, 0.1) is 0 Å². The first-order valence-corrected chi connectivity index (χ1v) is 10.3. The van der Waals surface area contributed by atoms with Crippen LogP contribution in [-0.4, -0.2) is 4.57 Å². The van der Waals surface area contributed by atoms with Crippen LogP contribution in [0.4, 0.5) is 8.78 Å². The van der Waals surface area contributed by atoms with Crippen LogP contribution in [0.25, 0.3) is 21.8 Å². The van der Waals surface area contributed by atoms with Gasteiger partial charge >= 0.3 is 0 Å². The van der Waals surface area contributed by atoms with E-state index in [-0.39, 0.29) is 5.92 Å². The molecule has 0 spiro atoms. The Balaban J connectivity index is 1.41. The van der Waals surface area contributed by atoms with Gasteiger partial charge in [-0.1, -0.05) is 79.6 Å². The molecule has 0 bridgehead atoms. The maximum atomic E-state index is 12.9. The van der Waals surface area contributed by atoms with Crippen molar-refractivity contribution in [2.45, 2.75) is 38.1 Å². The Kier molecular flexibility index (Phi) is 6.04. The van der Waals surface area contributed by atoms with E-state index in [1.807, 2.05) is 30.3 Å². The summed E-state index contributed by atoms with van der Waals surface area (Å²) in [6.07, 6.45) is 3.24. The summed E-state index contributed by atoms with van der Waals surface area (Å²) in [5.41, 5.74) is 3.49. The molecule has 148 valence electrons. The predicted octanol–water partition coefficient (Wildman–Crippen LogP) is 7.92. The molecule has 0 saturated heterocycles. The van der Waals surface area contributed by atoms with Crippen molar-refractivity contribution >= 4 is 21.8 Å². The van der Waals surface area contributed by atoms with Gasteiger partial charge in [0.2, 0.25) is 0 Å². The van der Waals surface area contributed by atoms with Crippen molar-refractivity contribution in [2.24, 2.45) is 0 Å². The quantitative estimate of drug-likeness (QED) is 0.270. The third-order valence-corrected chi connectivity index (χ3v) is 5.63. The van der Waals surface area contributed by atoms with Gasteiger partial charge in [0.1, 0.15) is 0 Å². The molecule has 1 heterocycles. The fraction of sp³-hybridized carbons (Fsp3) is 0.231. The number of halogens is 2. The molecule has 0 aliphatic heterocycles. The number of allylic oxidation sites excluding steroid dienone is 1. The van der Waals surface area contributed by atoms with E-state index in [1.165, 1.54) is 21.8 Å². The largest absolute Gasteiger partial charge is 0.340 e. The molecule has 0 aliphatic carbocycles. The van der Waals surface area contributed by atoms with Crippen LogP contribution in [0.2, 0.25) is 0 Å². The van der Waals surface area contributed by atoms with Crippen LogP contribution >= 0.6 is 0 Å². The standard InChI is InChI=1S/C26H25F2N/c27-26(28)19-21(20-11-3-1-4-12-20)13-5-2-10-18-29-24-16-8-6-14-22(24)23-15-7-9-17-25(23)29/h1,3-4,6-9,11-12,14-17,19,21H,2,5,10,13,18H2. The maximum Gasteiger partial charge on any atom is 0.266 e. The van der Waals surface area contributed by atoms with Gasteiger partial charge in [-0.3, -0.25) is 0 Å². The molecule has 3 heteroatoms. The fourth-order valence-electron chi connectivity index (χ4n) is 4.25. The molecular weight excluding hydrogens is 364 g/mol. The average molecular weight is 389 g/mol. The molecule has 1 unspecified atom stereocenters. The smallest absolute Gasteiger partial charge is 0.266 e. The maximum absolute atomic E-state index is 12.9. The molecular formula is C26H25F2N. The Labute approximate surface area is 170 Å². The van der Waals surface area contributed by atoms with Crippen molar-refractivity contribution < 1.29 is 8.78 Å². The monoisotopic (exact) mass is 389 g/mol. The van der Waals surface area contributed by atoms with Gasteiger partial charge in [0.05, 0.1) is 0 Å². The lowest BCUT2D eigenvalue weighted by atomic mass is 9.93. The normalized spacial score (nSPS) is 12.3. The molecule has 1 nitrogen and oxygen atoms in total. The molecule has 1 aromatic heterocycles. The van der Waals surface area contributed by atoms with Crippen molar-refractivity contribution in [3.8, 4) is 0 Å². The highest BCUT2D eigenvalue weighted by molar-refractivity contribution is 6.07. The van der Waals surface area contributed by atoms with Gasteiger partial charge in [-0.05, 0) is 36.6 Å². The Hall–Kier alpha value is -2.94. The zero-order valence-electron chi connectivity index (χ0n) is 16.4. The van der Waals surface area contributed by atoms with Gasteiger partial charge in [0.25, 0.3) is 6.08 Å². The number of rotatable bonds is 8. The Morgan fingerprint density at radius 2 is 1.31 bits per heavy atom. The first-order chi connectivity index (χ1) is 14.2. The zero-order valence-corrected chi connectivity index (χ0v) is 16.4. The molecule has 0 radical (unpaired) electrons. The topological polar surface area (TPSA) is 4.93 Å². The molecule has 4 rings (SSSR count). The number of nitrogens with zero attached hydrogens (tertiary/aromatic N) is 1. The van der Waals surface area contributed by atoms with Crippen molar-refractivity contribution in [3.05, 3.63) is 96.6 Å². The number of hydrogen-bond acceptors (Lipinski definition) is 0. The van der Waals surface area contributed by atoms with E-state index in [0.29, 0.717) is 0 Å². The second-order valence-electron chi connectivity index (χ2n) is 7.51. The molecule has 0 fully saturated rings. The van der Waals surface area contributed by atoms with Crippen LogP contribution in [0.5, 0.6) is 0 Å². The highest BCUT2D eigenvalue weighted by Crippen LogP contribution is 2.30. The Morgan fingerprint density at radius 3 is 1.93 bits per heavy atom. The van der Waals surface area contributed by atoms with Gasteiger partial charge < -0.3 is 4.57 Å². The van der Waals surface area contributed by atoms with E-state index in [0.717, 1.165) is 43.9 Å². The van der Waals surface area contributed by atoms with Gasteiger partial charge in [0.15, 0.2) is 0 Å². The second-order valence-corrected chi connectivity index (χ2v) is 7.51. The average Bonchev–Trinajstić information content (AvgIpc) is 3.07. The highest BCUT2D eigenvalue weighted by Gasteiger charge is 2.11. The lowest BCUT2D eigenvalue weighted by Crippen LogP contribution is -1.99. The first kappa shape index (κ1) is 19.4. The van der Waals surface area contributed by atoms with Gasteiger partial charge in [-0.25, -0.2) is 0 Å². The van der Waals surface area contributed by atoms with Crippen molar-refractivity contribution in [1.29, 1.82) is 0 Å². The minimum absolute atomic E-state index is 0.213. The second kappa shape index (κ2) is 9.04. The highest BCUT2D eigenvalue weighted by atomic mass is 19.3. The third-order valence-electron chi connectivity index (χ3n) is 5.63. The first-order valence-electron chi connectivity index (χ1n) is 10.3. The zero-order chi connectivity index (χ0) is 20.1. The van der Waals surface area contributed by atoms with Crippen LogP contribution in [0.15, 0.2) is 91.0 Å². The lowest BCUT2D eigenvalue weighted by molar-refractivity contribution is 0.412. The van der Waals surface area contributed by atoms with Gasteiger partial charge in [0, 0.05) is 34.3 Å². The minimum atomic E-state index is -1.59. The summed E-state index contributed by atoms with van der Waals surface area (Å²) in [6, 6.07) is 26.6. The summed E-state index contributed by atoms with van der Waals surface area (Å²) in [7, 11) is 0. The molecule has 29 heavy (non-hydrogen) atoms. The van der Waals surface area contributed by atoms with Crippen LogP contribution in [0.3, 0.4) is 0 Å². The Morgan fingerprint density at radius 1 is 0.724 bits per heavy atom. The van der Waals surface area contributed by atoms with E-state index >= 15 is 0 Å². The summed E-state index contributed by atoms with van der Waals surface area (Å²) in [5.74, 6) is -0.213. The van der Waals surface area contributed by atoms with Crippen LogP contribution in [-0.2, 0) is 6.54 Å². The van der Waals surface area contributed by atoms with E-state index < -0.39 is 6.08 Å². The van der Waals surface area contributed by atoms with E-state index in [4.69, 9.17) is 0 Å². The SMILES string of the molecule is FC(F)=CC(CCCCCn1c2ccccc2c2ccccc21)c1ccccc1. The van der Waals surface area contributed by atoms with Crippen molar-refractivity contribution in [3.63, 3.8) is 0 Å². The molecule has 0 aliphatic rings. The number of benzene rings is 3. The van der Waals surface area contributed by atoms with Crippen molar-refractivity contribution in [2.75, 3.05) is 0 Å². The Bertz CT molecular complexity index is 1050. The molecule has 1 atom stereocenters. The number of para-hydroxylation sites is 2. The van der Waals surface area contributed by atoms with E-state index in [2.05, 4.69) is 53.1 Å². The molecule has 0 N–H and O–H groups in total. The number of aryl methyl sites for hydroxylation is 1. The molecule has 0 amide bonds. The summed E-state index contributed by atoms with van der Waals surface area (Å²) >= 11 is 0. The number of fused-ring (bicyclic) bond motifs is 3. The molecule has 0 saturated carbocycles. The predicted molar refractivity (Wildman–Crippen MR) is 117 cm³/mol. The molecule has 3 aromatic carbocycles. The fourth-order valence-corrected chi connectivity index (χ4v) is 4.25. The van der Waals surface area contributed by atoms with Crippen LogP contribution < -0.4 is 0 Å². The third kappa shape index (κ3) is 4.40. The minimum Gasteiger partial charge on any atom is -0.340 e. The number of unbranched alkanes of at least 4 members (excludes halogenated alkanes) is 2. The van der Waals surface area contributed by atoms with E-state index in [1.54, 1.807) is 0 Å². The summed E-state index contributed by atoms with van der Waals surface area (Å²) in [5, 5.41) is 2.58. The number of aromatic nitrogens is 1. The molecule has 4 aromatic rings. The van der Waals surface area contributed by atoms with Crippen LogP contribution in [0.1, 0.15) is 37.2 Å². The van der Waals surface area contributed by atoms with Crippen molar-refractivity contribution in [1.82, 2.24) is 4.57 Å².